The Morgan fingerprint density at radius 2 is 1.50 bits per heavy atom. The first-order valence-electron chi connectivity index (χ1n) is 3.47. The van der Waals surface area contributed by atoms with Crippen molar-refractivity contribution in [2.45, 2.75) is 9.67 Å². The first kappa shape index (κ1) is 13.0. The zero-order valence-corrected chi connectivity index (χ0v) is 11.2. The van der Waals surface area contributed by atoms with Gasteiger partial charge in [-0.2, -0.15) is 0 Å². The quantitative estimate of drug-likeness (QED) is 0.596. The van der Waals surface area contributed by atoms with Crippen molar-refractivity contribution in [3.05, 3.63) is 33.3 Å². The summed E-state index contributed by atoms with van der Waals surface area (Å²) in [6.07, 6.45) is 0. The van der Waals surface area contributed by atoms with E-state index >= 15 is 0 Å². The lowest BCUT2D eigenvalue weighted by molar-refractivity contribution is 1.17. The highest BCUT2D eigenvalue weighted by Crippen LogP contribution is 2.42. The van der Waals surface area contributed by atoms with E-state index in [0.29, 0.717) is 21.2 Å². The molecule has 0 amide bonds. The Morgan fingerprint density at radius 1 is 1.00 bits per heavy atom. The highest BCUT2D eigenvalue weighted by Gasteiger charge is 2.26. The van der Waals surface area contributed by atoms with Gasteiger partial charge in [0.1, 0.15) is 0 Å². The van der Waals surface area contributed by atoms with Crippen molar-refractivity contribution >= 4 is 69.6 Å². The summed E-state index contributed by atoms with van der Waals surface area (Å²) in [5, 5.41) is 0.724. The summed E-state index contributed by atoms with van der Waals surface area (Å²) in [5.41, 5.74) is 1.10. The minimum atomic E-state index is -1.54. The third kappa shape index (κ3) is 2.98. The van der Waals surface area contributed by atoms with Gasteiger partial charge >= 0.3 is 0 Å². The van der Waals surface area contributed by atoms with Crippen LogP contribution in [0.5, 0.6) is 0 Å². The number of alkyl halides is 4. The molecule has 0 saturated carbocycles. The Bertz CT molecular complexity index is 340. The summed E-state index contributed by atoms with van der Waals surface area (Å²) >= 11 is 34.5. The SMILES string of the molecule is ClCc1cc(Cl)c(Cl)cc1C(Cl)(Cl)Cl. The van der Waals surface area contributed by atoms with E-state index in [0.717, 1.165) is 0 Å². The molecule has 1 aromatic carbocycles. The maximum absolute atomic E-state index is 5.80. The minimum Gasteiger partial charge on any atom is -0.122 e. The maximum atomic E-state index is 5.80. The van der Waals surface area contributed by atoms with Crippen molar-refractivity contribution in [1.29, 1.82) is 0 Å². The predicted octanol–water partition coefficient (Wildman–Crippen LogP) is 5.56. The van der Waals surface area contributed by atoms with E-state index in [4.69, 9.17) is 69.6 Å². The van der Waals surface area contributed by atoms with Gasteiger partial charge in [0.2, 0.25) is 3.79 Å². The fourth-order valence-electron chi connectivity index (χ4n) is 0.962. The van der Waals surface area contributed by atoms with Crippen LogP contribution in [0, 0.1) is 0 Å². The van der Waals surface area contributed by atoms with E-state index in [-0.39, 0.29) is 5.88 Å². The number of benzene rings is 1. The van der Waals surface area contributed by atoms with Gasteiger partial charge in [0.05, 0.1) is 10.0 Å². The van der Waals surface area contributed by atoms with Gasteiger partial charge in [0.25, 0.3) is 0 Å². The summed E-state index contributed by atoms with van der Waals surface area (Å²) in [7, 11) is 0. The normalized spacial score (nSPS) is 11.9. The molecule has 0 spiro atoms. The van der Waals surface area contributed by atoms with Gasteiger partial charge < -0.3 is 0 Å². The zero-order chi connectivity index (χ0) is 10.9. The van der Waals surface area contributed by atoms with E-state index in [1.165, 1.54) is 6.07 Å². The average molecular weight is 313 g/mol. The molecule has 78 valence electrons. The standard InChI is InChI=1S/C8H4Cl6/c9-3-4-1-6(10)7(11)2-5(4)8(12,13)14/h1-2H,3H2. The molecule has 0 saturated heterocycles. The summed E-state index contributed by atoms with van der Waals surface area (Å²) < 4.78 is -1.54. The zero-order valence-electron chi connectivity index (χ0n) is 6.63. The van der Waals surface area contributed by atoms with Crippen molar-refractivity contribution in [3.63, 3.8) is 0 Å². The van der Waals surface area contributed by atoms with Gasteiger partial charge in [-0.25, -0.2) is 0 Å². The molecule has 0 heterocycles. The van der Waals surface area contributed by atoms with E-state index in [2.05, 4.69) is 0 Å². The van der Waals surface area contributed by atoms with Gasteiger partial charge in [0, 0.05) is 11.4 Å². The van der Waals surface area contributed by atoms with Gasteiger partial charge in [-0.3, -0.25) is 0 Å². The third-order valence-corrected chi connectivity index (χ3v) is 3.22. The minimum absolute atomic E-state index is 0.208. The van der Waals surface area contributed by atoms with Gasteiger partial charge in [0.15, 0.2) is 0 Å². The van der Waals surface area contributed by atoms with Crippen LogP contribution in [0.25, 0.3) is 0 Å². The lowest BCUT2D eigenvalue weighted by Crippen LogP contribution is -2.04. The van der Waals surface area contributed by atoms with Crippen molar-refractivity contribution < 1.29 is 0 Å². The van der Waals surface area contributed by atoms with E-state index in [9.17, 15) is 0 Å². The molecule has 1 aromatic rings. The van der Waals surface area contributed by atoms with Crippen LogP contribution in [0.15, 0.2) is 12.1 Å². The molecular weight excluding hydrogens is 309 g/mol. The van der Waals surface area contributed by atoms with Crippen LogP contribution in [0.3, 0.4) is 0 Å². The molecule has 0 N–H and O–H groups in total. The van der Waals surface area contributed by atoms with E-state index < -0.39 is 3.79 Å². The third-order valence-electron chi connectivity index (χ3n) is 1.60. The Morgan fingerprint density at radius 3 is 1.93 bits per heavy atom. The monoisotopic (exact) mass is 310 g/mol. The fraction of sp³-hybridized carbons (Fsp3) is 0.250. The summed E-state index contributed by atoms with van der Waals surface area (Å²) in [6.45, 7) is 0. The molecule has 0 unspecified atom stereocenters. The molecule has 0 aliphatic rings. The smallest absolute Gasteiger partial charge is 0.122 e. The predicted molar refractivity (Wildman–Crippen MR) is 65.3 cm³/mol. The molecule has 0 fully saturated rings. The Kier molecular flexibility index (Phi) is 4.52. The molecule has 0 radical (unpaired) electrons. The Balaban J connectivity index is 3.35. The van der Waals surface area contributed by atoms with Crippen LogP contribution in [0.4, 0.5) is 0 Å². The highest BCUT2D eigenvalue weighted by atomic mass is 35.6. The van der Waals surface area contributed by atoms with Crippen LogP contribution in [0.1, 0.15) is 11.1 Å². The van der Waals surface area contributed by atoms with Crippen molar-refractivity contribution in [1.82, 2.24) is 0 Å². The molecule has 14 heavy (non-hydrogen) atoms. The lowest BCUT2D eigenvalue weighted by atomic mass is 10.1. The molecule has 0 bridgehead atoms. The highest BCUT2D eigenvalue weighted by molar-refractivity contribution is 6.67. The molecule has 6 heteroatoms. The second-order valence-corrected chi connectivity index (χ2v) is 5.92. The second-order valence-electron chi connectivity index (χ2n) is 2.55. The summed E-state index contributed by atoms with van der Waals surface area (Å²) in [6, 6.07) is 3.10. The summed E-state index contributed by atoms with van der Waals surface area (Å²) in [4.78, 5) is 0. The van der Waals surface area contributed by atoms with Crippen molar-refractivity contribution in [2.24, 2.45) is 0 Å². The molecular formula is C8H4Cl6. The Hall–Kier alpha value is 0.960. The molecule has 0 aromatic heterocycles. The van der Waals surface area contributed by atoms with E-state index in [1.54, 1.807) is 6.07 Å². The molecule has 0 atom stereocenters. The first-order valence-corrected chi connectivity index (χ1v) is 5.89. The first-order chi connectivity index (χ1) is 6.36. The molecule has 0 aliphatic heterocycles. The number of hydrogen-bond donors (Lipinski definition) is 0. The Labute approximate surface area is 112 Å². The molecule has 1 rings (SSSR count). The van der Waals surface area contributed by atoms with Gasteiger partial charge in [-0.05, 0) is 17.7 Å². The number of hydrogen-bond acceptors (Lipinski definition) is 0. The lowest BCUT2D eigenvalue weighted by Gasteiger charge is -2.16. The maximum Gasteiger partial charge on any atom is 0.216 e. The van der Waals surface area contributed by atoms with Crippen molar-refractivity contribution in [2.75, 3.05) is 0 Å². The van der Waals surface area contributed by atoms with Crippen LogP contribution in [0.2, 0.25) is 10.0 Å². The molecule has 0 aliphatic carbocycles. The largest absolute Gasteiger partial charge is 0.216 e. The average Bonchev–Trinajstić information content (AvgIpc) is 2.07. The second kappa shape index (κ2) is 4.86. The van der Waals surface area contributed by atoms with Crippen LogP contribution in [-0.2, 0) is 9.67 Å². The van der Waals surface area contributed by atoms with Crippen molar-refractivity contribution in [3.8, 4) is 0 Å². The van der Waals surface area contributed by atoms with Gasteiger partial charge in [-0.15, -0.1) is 11.6 Å². The number of halogens is 6. The van der Waals surface area contributed by atoms with Crippen LogP contribution in [-0.4, -0.2) is 0 Å². The summed E-state index contributed by atoms with van der Waals surface area (Å²) in [5.74, 6) is 0.208. The van der Waals surface area contributed by atoms with Gasteiger partial charge in [-0.1, -0.05) is 58.0 Å². The number of rotatable bonds is 1. The van der Waals surface area contributed by atoms with Crippen LogP contribution >= 0.6 is 69.6 Å². The molecule has 0 nitrogen and oxygen atoms in total. The van der Waals surface area contributed by atoms with Crippen LogP contribution < -0.4 is 0 Å². The fourth-order valence-corrected chi connectivity index (χ4v) is 2.06. The van der Waals surface area contributed by atoms with E-state index in [1.807, 2.05) is 0 Å². The topological polar surface area (TPSA) is 0 Å².